The molecular formula is C16H12ClNO. The summed E-state index contributed by atoms with van der Waals surface area (Å²) >= 11 is 6.15. The molecule has 0 aliphatic carbocycles. The first kappa shape index (κ1) is 10.9. The van der Waals surface area contributed by atoms with E-state index in [0.717, 1.165) is 35.3 Å². The van der Waals surface area contributed by atoms with Crippen molar-refractivity contribution in [1.82, 2.24) is 0 Å². The van der Waals surface area contributed by atoms with E-state index in [1.54, 1.807) is 0 Å². The van der Waals surface area contributed by atoms with E-state index in [4.69, 9.17) is 16.0 Å². The molecule has 19 heavy (non-hydrogen) atoms. The highest BCUT2D eigenvalue weighted by Crippen LogP contribution is 2.34. The highest BCUT2D eigenvalue weighted by Gasteiger charge is 2.13. The fraction of sp³-hybridized carbons (Fsp3) is 0.125. The standard InChI is InChI=1S/C16H12ClNO/c17-13-3-1-2-12-9-15(19-16(12)13)11-5-4-10-6-7-18-14(10)8-11/h1-5,8-9,18H,6-7H2. The molecule has 3 heteroatoms. The Kier molecular flexibility index (Phi) is 2.32. The van der Waals surface area contributed by atoms with Crippen molar-refractivity contribution >= 4 is 28.3 Å². The number of fused-ring (bicyclic) bond motifs is 2. The number of anilines is 1. The van der Waals surface area contributed by atoms with Crippen LogP contribution < -0.4 is 5.32 Å². The van der Waals surface area contributed by atoms with E-state index in [2.05, 4.69) is 23.5 Å². The number of rotatable bonds is 1. The summed E-state index contributed by atoms with van der Waals surface area (Å²) in [5.41, 5.74) is 4.43. The van der Waals surface area contributed by atoms with E-state index >= 15 is 0 Å². The van der Waals surface area contributed by atoms with Crippen LogP contribution in [-0.2, 0) is 6.42 Å². The second kappa shape index (κ2) is 4.04. The van der Waals surface area contributed by atoms with Gasteiger partial charge < -0.3 is 9.73 Å². The van der Waals surface area contributed by atoms with Gasteiger partial charge in [-0.25, -0.2) is 0 Å². The summed E-state index contributed by atoms with van der Waals surface area (Å²) in [4.78, 5) is 0. The first-order valence-corrected chi connectivity index (χ1v) is 6.74. The van der Waals surface area contributed by atoms with Crippen LogP contribution in [0.15, 0.2) is 46.9 Å². The van der Waals surface area contributed by atoms with E-state index in [1.807, 2.05) is 24.3 Å². The summed E-state index contributed by atoms with van der Waals surface area (Å²) in [5.74, 6) is 0.861. The van der Waals surface area contributed by atoms with Gasteiger partial charge in [0.25, 0.3) is 0 Å². The van der Waals surface area contributed by atoms with Crippen molar-refractivity contribution in [2.75, 3.05) is 11.9 Å². The molecule has 1 aliphatic heterocycles. The molecule has 1 aliphatic rings. The molecule has 0 saturated heterocycles. The van der Waals surface area contributed by atoms with Gasteiger partial charge in [-0.05, 0) is 30.2 Å². The number of hydrogen-bond donors (Lipinski definition) is 1. The molecule has 0 unspecified atom stereocenters. The second-order valence-corrected chi connectivity index (χ2v) is 5.22. The van der Waals surface area contributed by atoms with E-state index in [9.17, 15) is 0 Å². The molecule has 0 saturated carbocycles. The third-order valence-electron chi connectivity index (χ3n) is 3.60. The van der Waals surface area contributed by atoms with Crippen molar-refractivity contribution in [1.29, 1.82) is 0 Å². The Morgan fingerprint density at radius 1 is 1.11 bits per heavy atom. The largest absolute Gasteiger partial charge is 0.455 e. The van der Waals surface area contributed by atoms with Crippen LogP contribution in [0.5, 0.6) is 0 Å². The summed E-state index contributed by atoms with van der Waals surface area (Å²) in [6.07, 6.45) is 1.10. The van der Waals surface area contributed by atoms with Gasteiger partial charge in [-0.1, -0.05) is 35.9 Å². The maximum absolute atomic E-state index is 6.15. The molecule has 1 N–H and O–H groups in total. The van der Waals surface area contributed by atoms with Crippen LogP contribution in [0, 0.1) is 0 Å². The highest BCUT2D eigenvalue weighted by atomic mass is 35.5. The minimum absolute atomic E-state index is 0.656. The molecule has 4 rings (SSSR count). The summed E-state index contributed by atoms with van der Waals surface area (Å²) in [5, 5.41) is 5.08. The predicted octanol–water partition coefficient (Wildman–Crippen LogP) is 4.72. The SMILES string of the molecule is Clc1cccc2cc(-c3ccc4c(c3)NCC4)oc12. The van der Waals surface area contributed by atoms with Gasteiger partial charge in [0.2, 0.25) is 0 Å². The lowest BCUT2D eigenvalue weighted by molar-refractivity contribution is 0.632. The zero-order valence-corrected chi connectivity index (χ0v) is 11.0. The first-order chi connectivity index (χ1) is 9.31. The van der Waals surface area contributed by atoms with Gasteiger partial charge >= 0.3 is 0 Å². The third kappa shape index (κ3) is 1.71. The molecule has 2 heterocycles. The molecule has 0 radical (unpaired) electrons. The monoisotopic (exact) mass is 269 g/mol. The number of para-hydroxylation sites is 1. The lowest BCUT2D eigenvalue weighted by Crippen LogP contribution is -1.90. The Morgan fingerprint density at radius 2 is 2.05 bits per heavy atom. The van der Waals surface area contributed by atoms with Crippen LogP contribution in [0.3, 0.4) is 0 Å². The molecule has 0 atom stereocenters. The average Bonchev–Trinajstić information content (AvgIpc) is 3.04. The van der Waals surface area contributed by atoms with Crippen LogP contribution in [0.4, 0.5) is 5.69 Å². The third-order valence-corrected chi connectivity index (χ3v) is 3.90. The molecule has 3 aromatic rings. The zero-order chi connectivity index (χ0) is 12.8. The van der Waals surface area contributed by atoms with Crippen molar-refractivity contribution < 1.29 is 4.42 Å². The molecule has 2 aromatic carbocycles. The molecule has 0 amide bonds. The number of nitrogens with one attached hydrogen (secondary N) is 1. The first-order valence-electron chi connectivity index (χ1n) is 6.36. The van der Waals surface area contributed by atoms with Crippen molar-refractivity contribution in [2.45, 2.75) is 6.42 Å². The molecular weight excluding hydrogens is 258 g/mol. The topological polar surface area (TPSA) is 25.2 Å². The highest BCUT2D eigenvalue weighted by molar-refractivity contribution is 6.34. The normalized spacial score (nSPS) is 13.5. The lowest BCUT2D eigenvalue weighted by Gasteiger charge is -2.02. The Balaban J connectivity index is 1.88. The van der Waals surface area contributed by atoms with Crippen LogP contribution in [0.25, 0.3) is 22.3 Å². The Labute approximate surface area is 116 Å². The van der Waals surface area contributed by atoms with Gasteiger partial charge in [0.05, 0.1) is 5.02 Å². The molecule has 0 spiro atoms. The lowest BCUT2D eigenvalue weighted by atomic mass is 10.1. The molecule has 1 aromatic heterocycles. The van der Waals surface area contributed by atoms with E-state index in [-0.39, 0.29) is 0 Å². The van der Waals surface area contributed by atoms with Crippen LogP contribution in [0.1, 0.15) is 5.56 Å². The van der Waals surface area contributed by atoms with Crippen LogP contribution in [-0.4, -0.2) is 6.54 Å². The van der Waals surface area contributed by atoms with Gasteiger partial charge in [-0.2, -0.15) is 0 Å². The minimum atomic E-state index is 0.656. The van der Waals surface area contributed by atoms with E-state index in [0.29, 0.717) is 5.02 Å². The second-order valence-electron chi connectivity index (χ2n) is 4.82. The van der Waals surface area contributed by atoms with Crippen molar-refractivity contribution in [3.63, 3.8) is 0 Å². The summed E-state index contributed by atoms with van der Waals surface area (Å²) in [6.45, 7) is 1.02. The number of benzene rings is 2. The van der Waals surface area contributed by atoms with E-state index < -0.39 is 0 Å². The smallest absolute Gasteiger partial charge is 0.153 e. The number of furan rings is 1. The van der Waals surface area contributed by atoms with Gasteiger partial charge in [-0.15, -0.1) is 0 Å². The van der Waals surface area contributed by atoms with Crippen LogP contribution in [0.2, 0.25) is 5.02 Å². The van der Waals surface area contributed by atoms with Crippen molar-refractivity contribution in [2.24, 2.45) is 0 Å². The number of hydrogen-bond acceptors (Lipinski definition) is 2. The van der Waals surface area contributed by atoms with Crippen molar-refractivity contribution in [3.8, 4) is 11.3 Å². The van der Waals surface area contributed by atoms with Crippen molar-refractivity contribution in [3.05, 3.63) is 53.1 Å². The zero-order valence-electron chi connectivity index (χ0n) is 10.2. The maximum Gasteiger partial charge on any atom is 0.153 e. The van der Waals surface area contributed by atoms with Crippen LogP contribution >= 0.6 is 11.6 Å². The van der Waals surface area contributed by atoms with Gasteiger partial charge in [0.1, 0.15) is 5.76 Å². The average molecular weight is 270 g/mol. The quantitative estimate of drug-likeness (QED) is 0.691. The Morgan fingerprint density at radius 3 is 2.95 bits per heavy atom. The summed E-state index contributed by atoms with van der Waals surface area (Å²) < 4.78 is 5.88. The minimum Gasteiger partial charge on any atom is -0.455 e. The van der Waals surface area contributed by atoms with Gasteiger partial charge in [-0.3, -0.25) is 0 Å². The maximum atomic E-state index is 6.15. The summed E-state index contributed by atoms with van der Waals surface area (Å²) in [7, 11) is 0. The van der Waals surface area contributed by atoms with Gasteiger partial charge in [0.15, 0.2) is 5.58 Å². The van der Waals surface area contributed by atoms with E-state index in [1.165, 1.54) is 11.3 Å². The predicted molar refractivity (Wildman–Crippen MR) is 78.9 cm³/mol. The molecule has 0 fully saturated rings. The molecule has 94 valence electrons. The van der Waals surface area contributed by atoms with Gasteiger partial charge in [0, 0.05) is 23.2 Å². The number of halogens is 1. The molecule has 0 bridgehead atoms. The fourth-order valence-electron chi connectivity index (χ4n) is 2.61. The summed E-state index contributed by atoms with van der Waals surface area (Å²) in [6, 6.07) is 14.3. The Hall–Kier alpha value is -1.93. The fourth-order valence-corrected chi connectivity index (χ4v) is 2.83. The Bertz CT molecular complexity index is 776. The molecule has 2 nitrogen and oxygen atoms in total.